The summed E-state index contributed by atoms with van der Waals surface area (Å²) in [6.45, 7) is 9.51. The third-order valence-corrected chi connectivity index (χ3v) is 3.32. The number of guanidine groups is 1. The Bertz CT molecular complexity index is 358. The molecule has 22 heavy (non-hydrogen) atoms. The second-order valence-corrected chi connectivity index (χ2v) is 6.59. The highest BCUT2D eigenvalue weighted by molar-refractivity contribution is 5.78. The maximum absolute atomic E-state index is 11.5. The van der Waals surface area contributed by atoms with Gasteiger partial charge in [0.15, 0.2) is 5.96 Å². The normalized spacial score (nSPS) is 16.7. The quantitative estimate of drug-likeness (QED) is 0.336. The molecule has 1 fully saturated rings. The predicted molar refractivity (Wildman–Crippen MR) is 87.8 cm³/mol. The van der Waals surface area contributed by atoms with Gasteiger partial charge in [-0.2, -0.15) is 0 Å². The van der Waals surface area contributed by atoms with Crippen LogP contribution in [0.1, 0.15) is 52.9 Å². The van der Waals surface area contributed by atoms with Gasteiger partial charge in [-0.25, -0.2) is 0 Å². The van der Waals surface area contributed by atoms with E-state index in [1.165, 1.54) is 0 Å². The first-order valence-electron chi connectivity index (χ1n) is 8.23. The number of carbonyl (C=O) groups excluding carboxylic acids is 1. The topological polar surface area (TPSA) is 77.1 Å². The van der Waals surface area contributed by atoms with Crippen LogP contribution in [0.25, 0.3) is 0 Å². The summed E-state index contributed by atoms with van der Waals surface area (Å²) in [7, 11) is 0. The first kappa shape index (κ1) is 18.7. The van der Waals surface area contributed by atoms with E-state index in [2.05, 4.69) is 9.89 Å². The van der Waals surface area contributed by atoms with E-state index in [1.54, 1.807) is 0 Å². The van der Waals surface area contributed by atoms with E-state index in [1.807, 2.05) is 20.8 Å². The molecular weight excluding hydrogens is 282 g/mol. The molecule has 1 rings (SSSR count). The number of hydrogen-bond acceptors (Lipinski definition) is 4. The molecule has 0 amide bonds. The van der Waals surface area contributed by atoms with Crippen molar-refractivity contribution in [2.24, 2.45) is 10.7 Å². The molecule has 1 saturated heterocycles. The van der Waals surface area contributed by atoms with Gasteiger partial charge in [-0.15, -0.1) is 0 Å². The van der Waals surface area contributed by atoms with Gasteiger partial charge in [-0.3, -0.25) is 9.79 Å². The van der Waals surface area contributed by atoms with Gasteiger partial charge >= 0.3 is 5.97 Å². The van der Waals surface area contributed by atoms with Crippen molar-refractivity contribution < 1.29 is 14.3 Å². The molecule has 1 aliphatic rings. The van der Waals surface area contributed by atoms with Crippen LogP contribution >= 0.6 is 0 Å². The summed E-state index contributed by atoms with van der Waals surface area (Å²) in [6, 6.07) is 0. The fraction of sp³-hybridized carbons (Fsp3) is 0.875. The molecule has 1 heterocycles. The Kier molecular flexibility index (Phi) is 8.24. The third-order valence-electron chi connectivity index (χ3n) is 3.32. The van der Waals surface area contributed by atoms with E-state index in [0.29, 0.717) is 12.4 Å². The summed E-state index contributed by atoms with van der Waals surface area (Å²) in [6.07, 6.45) is 4.45. The largest absolute Gasteiger partial charge is 0.460 e. The number of nitrogens with two attached hydrogens (primary N) is 1. The molecule has 6 heteroatoms. The van der Waals surface area contributed by atoms with Gasteiger partial charge in [0.05, 0.1) is 13.2 Å². The van der Waals surface area contributed by atoms with Crippen LogP contribution in [0.2, 0.25) is 0 Å². The number of ether oxygens (including phenoxy) is 2. The Morgan fingerprint density at radius 3 is 2.45 bits per heavy atom. The van der Waals surface area contributed by atoms with E-state index in [9.17, 15) is 4.79 Å². The third kappa shape index (κ3) is 8.87. The Balaban J connectivity index is 2.02. The first-order valence-corrected chi connectivity index (χ1v) is 8.23. The van der Waals surface area contributed by atoms with E-state index in [-0.39, 0.29) is 11.6 Å². The van der Waals surface area contributed by atoms with E-state index < -0.39 is 0 Å². The Morgan fingerprint density at radius 2 is 1.82 bits per heavy atom. The maximum atomic E-state index is 11.5. The van der Waals surface area contributed by atoms with Crippen molar-refractivity contribution in [3.8, 4) is 0 Å². The van der Waals surface area contributed by atoms with Gasteiger partial charge in [0.2, 0.25) is 0 Å². The zero-order valence-electron chi connectivity index (χ0n) is 14.3. The van der Waals surface area contributed by atoms with Crippen molar-refractivity contribution in [1.82, 2.24) is 4.90 Å². The highest BCUT2D eigenvalue weighted by Crippen LogP contribution is 2.11. The highest BCUT2D eigenvalue weighted by atomic mass is 16.6. The molecule has 0 radical (unpaired) electrons. The Hall–Kier alpha value is -1.30. The summed E-state index contributed by atoms with van der Waals surface area (Å²) in [5.41, 5.74) is 5.56. The van der Waals surface area contributed by atoms with E-state index in [0.717, 1.165) is 58.5 Å². The van der Waals surface area contributed by atoms with Crippen molar-refractivity contribution in [1.29, 1.82) is 0 Å². The van der Waals surface area contributed by atoms with Crippen LogP contribution in [-0.4, -0.2) is 55.3 Å². The lowest BCUT2D eigenvalue weighted by atomic mass is 10.1. The summed E-state index contributed by atoms with van der Waals surface area (Å²) in [5.74, 6) is 0.513. The monoisotopic (exact) mass is 313 g/mol. The number of esters is 1. The molecule has 128 valence electrons. The molecule has 0 bridgehead atoms. The lowest BCUT2D eigenvalue weighted by Crippen LogP contribution is -2.44. The van der Waals surface area contributed by atoms with Gasteiger partial charge in [0, 0.05) is 26.1 Å². The van der Waals surface area contributed by atoms with Gasteiger partial charge in [0.25, 0.3) is 0 Å². The Labute approximate surface area is 134 Å². The fourth-order valence-electron chi connectivity index (χ4n) is 2.21. The minimum Gasteiger partial charge on any atom is -0.460 e. The van der Waals surface area contributed by atoms with Gasteiger partial charge in [-0.05, 0) is 33.6 Å². The smallest absolute Gasteiger partial charge is 0.306 e. The SMILES string of the molecule is CC(C)(C)OC(=O)CCCCCCN=C(N)N1CCOCC1. The van der Waals surface area contributed by atoms with Crippen LogP contribution in [-0.2, 0) is 14.3 Å². The maximum Gasteiger partial charge on any atom is 0.306 e. The average Bonchev–Trinajstić information content (AvgIpc) is 2.45. The molecule has 2 N–H and O–H groups in total. The van der Waals surface area contributed by atoms with Gasteiger partial charge in [-0.1, -0.05) is 12.8 Å². The number of nitrogens with zero attached hydrogens (tertiary/aromatic N) is 2. The number of rotatable bonds is 7. The fourth-order valence-corrected chi connectivity index (χ4v) is 2.21. The van der Waals surface area contributed by atoms with Crippen molar-refractivity contribution >= 4 is 11.9 Å². The van der Waals surface area contributed by atoms with Crippen LogP contribution in [0.4, 0.5) is 0 Å². The molecule has 0 atom stereocenters. The zero-order valence-corrected chi connectivity index (χ0v) is 14.3. The average molecular weight is 313 g/mol. The van der Waals surface area contributed by atoms with Crippen molar-refractivity contribution in [2.75, 3.05) is 32.8 Å². The summed E-state index contributed by atoms with van der Waals surface area (Å²) in [5, 5.41) is 0. The summed E-state index contributed by atoms with van der Waals surface area (Å²) < 4.78 is 10.6. The molecular formula is C16H31N3O3. The number of carbonyl (C=O) groups is 1. The van der Waals surface area contributed by atoms with Crippen LogP contribution in [0, 0.1) is 0 Å². The molecule has 1 aliphatic heterocycles. The highest BCUT2D eigenvalue weighted by Gasteiger charge is 2.15. The van der Waals surface area contributed by atoms with E-state index >= 15 is 0 Å². The molecule has 6 nitrogen and oxygen atoms in total. The second-order valence-electron chi connectivity index (χ2n) is 6.59. The molecule has 0 aromatic rings. The second kappa shape index (κ2) is 9.66. The van der Waals surface area contributed by atoms with Crippen LogP contribution in [0.15, 0.2) is 4.99 Å². The molecule has 0 aromatic carbocycles. The molecule has 0 unspecified atom stereocenters. The van der Waals surface area contributed by atoms with Crippen LogP contribution in [0.3, 0.4) is 0 Å². The number of hydrogen-bond donors (Lipinski definition) is 1. The lowest BCUT2D eigenvalue weighted by Gasteiger charge is -2.27. The number of morpholine rings is 1. The molecule has 0 spiro atoms. The first-order chi connectivity index (χ1) is 10.4. The van der Waals surface area contributed by atoms with Crippen molar-refractivity contribution in [2.45, 2.75) is 58.5 Å². The minimum absolute atomic E-state index is 0.109. The zero-order chi connectivity index (χ0) is 16.4. The standard InChI is InChI=1S/C16H31N3O3/c1-16(2,3)22-14(20)8-6-4-5-7-9-18-15(17)19-10-12-21-13-11-19/h4-13H2,1-3H3,(H2,17,18). The van der Waals surface area contributed by atoms with Crippen LogP contribution < -0.4 is 5.73 Å². The predicted octanol–water partition coefficient (Wildman–Crippen LogP) is 1.93. The Morgan fingerprint density at radius 1 is 1.18 bits per heavy atom. The van der Waals surface area contributed by atoms with Crippen molar-refractivity contribution in [3.05, 3.63) is 0 Å². The summed E-state index contributed by atoms with van der Waals surface area (Å²) >= 11 is 0. The number of unbranched alkanes of at least 4 members (excludes halogenated alkanes) is 3. The summed E-state index contributed by atoms with van der Waals surface area (Å²) in [4.78, 5) is 18.0. The molecule has 0 saturated carbocycles. The van der Waals surface area contributed by atoms with Crippen molar-refractivity contribution in [3.63, 3.8) is 0 Å². The molecule has 0 aromatic heterocycles. The number of aliphatic imine (C=N–C) groups is 1. The van der Waals surface area contributed by atoms with Gasteiger partial charge in [0.1, 0.15) is 5.60 Å². The van der Waals surface area contributed by atoms with Crippen LogP contribution in [0.5, 0.6) is 0 Å². The van der Waals surface area contributed by atoms with Gasteiger partial charge < -0.3 is 20.1 Å². The lowest BCUT2D eigenvalue weighted by molar-refractivity contribution is -0.154. The molecule has 0 aliphatic carbocycles. The van der Waals surface area contributed by atoms with E-state index in [4.69, 9.17) is 15.2 Å². The minimum atomic E-state index is -0.386.